The van der Waals surface area contributed by atoms with Crippen molar-refractivity contribution in [2.45, 2.75) is 18.9 Å². The number of hydrogen-bond donors (Lipinski definition) is 3. The Morgan fingerprint density at radius 2 is 2.09 bits per heavy atom. The van der Waals surface area contributed by atoms with Gasteiger partial charge in [0.15, 0.2) is 0 Å². The molecule has 0 aromatic heterocycles. The Balaban J connectivity index is 3.66. The number of carbonyl (C=O) groups is 1. The molecule has 4 nitrogen and oxygen atoms in total. The van der Waals surface area contributed by atoms with Crippen molar-refractivity contribution in [1.29, 1.82) is 0 Å². The van der Waals surface area contributed by atoms with Gasteiger partial charge in [0.25, 0.3) is 0 Å². The Morgan fingerprint density at radius 3 is 2.36 bits per heavy atom. The zero-order valence-electron chi connectivity index (χ0n) is 5.63. The van der Waals surface area contributed by atoms with Crippen LogP contribution in [0, 0.1) is 0 Å². The standard InChI is InChI=1S/C5H9F2NO3/c6-4(7)1-3(2-9)8-5(10)11/h3-4,8-9H,1-2H2,(H,10,11). The second-order valence-electron chi connectivity index (χ2n) is 1.96. The number of hydrogen-bond acceptors (Lipinski definition) is 2. The smallest absolute Gasteiger partial charge is 0.404 e. The van der Waals surface area contributed by atoms with Crippen LogP contribution in [-0.2, 0) is 0 Å². The molecule has 0 rings (SSSR count). The highest BCUT2D eigenvalue weighted by molar-refractivity contribution is 5.64. The molecular formula is C5H9F2NO3. The van der Waals surface area contributed by atoms with Crippen LogP contribution in [0.4, 0.5) is 13.6 Å². The minimum Gasteiger partial charge on any atom is -0.465 e. The fourth-order valence-electron chi connectivity index (χ4n) is 0.569. The minimum atomic E-state index is -2.61. The summed E-state index contributed by atoms with van der Waals surface area (Å²) in [7, 11) is 0. The summed E-state index contributed by atoms with van der Waals surface area (Å²) < 4.78 is 23.2. The number of aliphatic hydroxyl groups is 1. The van der Waals surface area contributed by atoms with E-state index in [0.29, 0.717) is 0 Å². The highest BCUT2D eigenvalue weighted by atomic mass is 19.3. The predicted molar refractivity (Wildman–Crippen MR) is 32.7 cm³/mol. The highest BCUT2D eigenvalue weighted by Gasteiger charge is 2.15. The van der Waals surface area contributed by atoms with Gasteiger partial charge in [0.1, 0.15) is 0 Å². The molecule has 0 saturated heterocycles. The van der Waals surface area contributed by atoms with E-state index in [1.165, 1.54) is 0 Å². The monoisotopic (exact) mass is 169 g/mol. The number of nitrogens with one attached hydrogen (secondary N) is 1. The summed E-state index contributed by atoms with van der Waals surface area (Å²) in [4.78, 5) is 9.88. The second kappa shape index (κ2) is 4.84. The van der Waals surface area contributed by atoms with E-state index in [0.717, 1.165) is 0 Å². The number of aliphatic hydroxyl groups excluding tert-OH is 1. The van der Waals surface area contributed by atoms with Crippen LogP contribution >= 0.6 is 0 Å². The van der Waals surface area contributed by atoms with Crippen LogP contribution in [-0.4, -0.2) is 35.4 Å². The zero-order chi connectivity index (χ0) is 8.85. The molecule has 3 N–H and O–H groups in total. The summed E-state index contributed by atoms with van der Waals surface area (Å²) in [6.45, 7) is -0.614. The van der Waals surface area contributed by atoms with Crippen molar-refractivity contribution < 1.29 is 23.8 Å². The van der Waals surface area contributed by atoms with Crippen molar-refractivity contribution in [3.8, 4) is 0 Å². The SMILES string of the molecule is O=C(O)NC(CO)CC(F)F. The molecule has 11 heavy (non-hydrogen) atoms. The first-order valence-electron chi connectivity index (χ1n) is 2.94. The minimum absolute atomic E-state index is 0.614. The summed E-state index contributed by atoms with van der Waals surface area (Å²) >= 11 is 0. The van der Waals surface area contributed by atoms with Gasteiger partial charge in [-0.25, -0.2) is 13.6 Å². The molecule has 0 aliphatic heterocycles. The van der Waals surface area contributed by atoms with E-state index in [9.17, 15) is 13.6 Å². The Kier molecular flexibility index (Phi) is 4.44. The van der Waals surface area contributed by atoms with E-state index in [4.69, 9.17) is 10.2 Å². The van der Waals surface area contributed by atoms with Crippen LogP contribution in [0.1, 0.15) is 6.42 Å². The first kappa shape index (κ1) is 10.1. The first-order valence-corrected chi connectivity index (χ1v) is 2.94. The van der Waals surface area contributed by atoms with Crippen molar-refractivity contribution in [3.63, 3.8) is 0 Å². The van der Waals surface area contributed by atoms with Gasteiger partial charge in [-0.05, 0) is 0 Å². The average Bonchev–Trinajstić information content (AvgIpc) is 1.84. The van der Waals surface area contributed by atoms with Crippen LogP contribution in [0.2, 0.25) is 0 Å². The van der Waals surface area contributed by atoms with Gasteiger partial charge < -0.3 is 15.5 Å². The maximum Gasteiger partial charge on any atom is 0.404 e. The van der Waals surface area contributed by atoms with Crippen molar-refractivity contribution in [2.24, 2.45) is 0 Å². The van der Waals surface area contributed by atoms with E-state index >= 15 is 0 Å². The van der Waals surface area contributed by atoms with Crippen molar-refractivity contribution in [3.05, 3.63) is 0 Å². The van der Waals surface area contributed by atoms with E-state index in [1.54, 1.807) is 5.32 Å². The fourth-order valence-corrected chi connectivity index (χ4v) is 0.569. The molecule has 0 fully saturated rings. The summed E-state index contributed by atoms with van der Waals surface area (Å²) in [5.41, 5.74) is 0. The number of amides is 1. The van der Waals surface area contributed by atoms with Gasteiger partial charge in [-0.2, -0.15) is 0 Å². The normalized spacial score (nSPS) is 13.1. The largest absolute Gasteiger partial charge is 0.465 e. The van der Waals surface area contributed by atoms with Gasteiger partial charge in [-0.15, -0.1) is 0 Å². The lowest BCUT2D eigenvalue weighted by Crippen LogP contribution is -2.37. The lowest BCUT2D eigenvalue weighted by molar-refractivity contribution is 0.103. The van der Waals surface area contributed by atoms with E-state index < -0.39 is 31.6 Å². The van der Waals surface area contributed by atoms with Gasteiger partial charge in [0, 0.05) is 6.42 Å². The Hall–Kier alpha value is -0.910. The second-order valence-corrected chi connectivity index (χ2v) is 1.96. The first-order chi connectivity index (χ1) is 5.06. The molecule has 66 valence electrons. The van der Waals surface area contributed by atoms with E-state index in [1.807, 2.05) is 0 Å². The maximum atomic E-state index is 11.6. The number of halogens is 2. The molecule has 1 atom stereocenters. The summed E-state index contributed by atoms with van der Waals surface area (Å²) in [5, 5.41) is 18.2. The fraction of sp³-hybridized carbons (Fsp3) is 0.800. The molecular weight excluding hydrogens is 160 g/mol. The lowest BCUT2D eigenvalue weighted by Gasteiger charge is -2.12. The molecule has 0 heterocycles. The molecule has 0 aromatic carbocycles. The molecule has 6 heteroatoms. The molecule has 0 bridgehead atoms. The van der Waals surface area contributed by atoms with E-state index in [-0.39, 0.29) is 0 Å². The van der Waals surface area contributed by atoms with Crippen molar-refractivity contribution in [1.82, 2.24) is 5.32 Å². The molecule has 0 saturated carbocycles. The Labute approximate surface area is 61.8 Å². The van der Waals surface area contributed by atoms with Crippen LogP contribution in [0.5, 0.6) is 0 Å². The van der Waals surface area contributed by atoms with E-state index in [2.05, 4.69) is 0 Å². The lowest BCUT2D eigenvalue weighted by atomic mass is 10.2. The van der Waals surface area contributed by atoms with Gasteiger partial charge in [0.05, 0.1) is 12.6 Å². The Bertz CT molecular complexity index is 131. The van der Waals surface area contributed by atoms with Gasteiger partial charge >= 0.3 is 6.09 Å². The summed E-state index contributed by atoms with van der Waals surface area (Å²) in [6, 6.07) is -1.08. The Morgan fingerprint density at radius 1 is 1.55 bits per heavy atom. The molecule has 0 radical (unpaired) electrons. The highest BCUT2D eigenvalue weighted by Crippen LogP contribution is 2.02. The molecule has 1 amide bonds. The van der Waals surface area contributed by atoms with Crippen LogP contribution < -0.4 is 5.32 Å². The van der Waals surface area contributed by atoms with Gasteiger partial charge in [-0.3, -0.25) is 0 Å². The summed E-state index contributed by atoms with van der Waals surface area (Å²) in [6.07, 6.45) is -4.69. The zero-order valence-corrected chi connectivity index (χ0v) is 5.63. The molecule has 0 aliphatic carbocycles. The van der Waals surface area contributed by atoms with Crippen LogP contribution in [0.15, 0.2) is 0 Å². The third kappa shape index (κ3) is 5.53. The third-order valence-corrected chi connectivity index (χ3v) is 1.01. The number of carboxylic acid groups (broad SMARTS) is 1. The van der Waals surface area contributed by atoms with Gasteiger partial charge in [0.2, 0.25) is 6.43 Å². The third-order valence-electron chi connectivity index (χ3n) is 1.01. The number of alkyl halides is 2. The van der Waals surface area contributed by atoms with Gasteiger partial charge in [-0.1, -0.05) is 0 Å². The predicted octanol–water partition coefficient (Wildman–Crippen LogP) is 0.270. The molecule has 0 spiro atoms. The number of rotatable bonds is 4. The molecule has 1 unspecified atom stereocenters. The maximum absolute atomic E-state index is 11.6. The summed E-state index contributed by atoms with van der Waals surface area (Å²) in [5.74, 6) is 0. The van der Waals surface area contributed by atoms with Crippen molar-refractivity contribution in [2.75, 3.05) is 6.61 Å². The molecule has 0 aromatic rings. The topological polar surface area (TPSA) is 69.6 Å². The average molecular weight is 169 g/mol. The quantitative estimate of drug-likeness (QED) is 0.565. The molecule has 0 aliphatic rings. The van der Waals surface area contributed by atoms with Crippen LogP contribution in [0.25, 0.3) is 0 Å². The van der Waals surface area contributed by atoms with Crippen molar-refractivity contribution >= 4 is 6.09 Å². The van der Waals surface area contributed by atoms with Crippen LogP contribution in [0.3, 0.4) is 0 Å².